The molecule has 0 spiro atoms. The van der Waals surface area contributed by atoms with Crippen molar-refractivity contribution in [1.82, 2.24) is 10.2 Å². The van der Waals surface area contributed by atoms with Crippen molar-refractivity contribution in [3.8, 4) is 0 Å². The fourth-order valence-corrected chi connectivity index (χ4v) is 7.48. The Balaban J connectivity index is 1.63. The molecular weight excluding hydrogens is 637 g/mol. The zero-order chi connectivity index (χ0) is 31.8. The van der Waals surface area contributed by atoms with Crippen LogP contribution in [0.15, 0.2) is 66.7 Å². The summed E-state index contributed by atoms with van der Waals surface area (Å²) in [5.41, 5.74) is -2.86. The topological polar surface area (TPSA) is 49.4 Å². The lowest BCUT2D eigenvalue weighted by molar-refractivity contribution is -0.143. The Morgan fingerprint density at radius 2 is 1.26 bits per heavy atom. The number of hydrogen-bond donors (Lipinski definition) is 1. The highest BCUT2D eigenvalue weighted by Crippen LogP contribution is 2.39. The minimum Gasteiger partial charge on any atom is -0.308 e. The minimum atomic E-state index is -5.08. The fraction of sp³-hybridized carbons (Fsp3) is 0.400. The summed E-state index contributed by atoms with van der Waals surface area (Å²) in [6.07, 6.45) is -10.2. The standard InChI is InChI=1S/C30H30Cl2F6N2O2S/c1-19(2)14-39-28(18-43(41,42)15-20-11-23(29(33,34)35)13-24(12-20)30(36,37)38)16-40(17-28)27(21-3-7-25(31)8-4-21)22-5-9-26(32)10-6-22/h3-13,19,27,39H,14-18H2,1-2H3. The van der Waals surface area contributed by atoms with E-state index in [0.29, 0.717) is 28.7 Å². The zero-order valence-electron chi connectivity index (χ0n) is 23.2. The van der Waals surface area contributed by atoms with Crippen molar-refractivity contribution in [2.24, 2.45) is 5.92 Å². The second kappa shape index (κ2) is 12.6. The number of alkyl halides is 6. The van der Waals surface area contributed by atoms with Crippen molar-refractivity contribution in [1.29, 1.82) is 0 Å². The number of likely N-dealkylation sites (tertiary alicyclic amines) is 1. The molecule has 0 bridgehead atoms. The Bertz CT molecular complexity index is 1440. The third kappa shape index (κ3) is 8.66. The first kappa shape index (κ1) is 33.6. The quantitative estimate of drug-likeness (QED) is 0.223. The van der Waals surface area contributed by atoms with Gasteiger partial charge in [-0.05, 0) is 71.6 Å². The van der Waals surface area contributed by atoms with Crippen LogP contribution in [0.1, 0.15) is 47.7 Å². The predicted molar refractivity (Wildman–Crippen MR) is 156 cm³/mol. The lowest BCUT2D eigenvalue weighted by Crippen LogP contribution is -2.72. The van der Waals surface area contributed by atoms with Crippen LogP contribution in [0.3, 0.4) is 0 Å². The molecule has 0 unspecified atom stereocenters. The maximum Gasteiger partial charge on any atom is 0.416 e. The van der Waals surface area contributed by atoms with Gasteiger partial charge in [0.05, 0.1) is 34.2 Å². The molecule has 0 radical (unpaired) electrons. The van der Waals surface area contributed by atoms with Crippen molar-refractivity contribution in [3.05, 3.63) is 105 Å². The lowest BCUT2D eigenvalue weighted by atomic mass is 9.85. The van der Waals surface area contributed by atoms with Crippen LogP contribution < -0.4 is 5.32 Å². The molecule has 3 aromatic rings. The van der Waals surface area contributed by atoms with E-state index in [1.165, 1.54) is 0 Å². The summed E-state index contributed by atoms with van der Waals surface area (Å²) < 4.78 is 107. The third-order valence-electron chi connectivity index (χ3n) is 7.16. The van der Waals surface area contributed by atoms with Crippen LogP contribution >= 0.6 is 23.2 Å². The highest BCUT2D eigenvalue weighted by atomic mass is 35.5. The Morgan fingerprint density at radius 3 is 1.65 bits per heavy atom. The Hall–Kier alpha value is -2.31. The highest BCUT2D eigenvalue weighted by molar-refractivity contribution is 7.90. The molecule has 0 atom stereocenters. The zero-order valence-corrected chi connectivity index (χ0v) is 25.6. The molecule has 3 aromatic carbocycles. The number of rotatable bonds is 10. The highest BCUT2D eigenvalue weighted by Gasteiger charge is 2.48. The molecule has 4 nitrogen and oxygen atoms in total. The molecule has 1 heterocycles. The van der Waals surface area contributed by atoms with Crippen molar-refractivity contribution < 1.29 is 34.8 Å². The summed E-state index contributed by atoms with van der Waals surface area (Å²) >= 11 is 12.2. The Kier molecular flexibility index (Phi) is 9.83. The minimum absolute atomic E-state index is 0.0146. The van der Waals surface area contributed by atoms with Crippen LogP contribution in [-0.2, 0) is 27.9 Å². The van der Waals surface area contributed by atoms with E-state index in [1.54, 1.807) is 24.3 Å². The monoisotopic (exact) mass is 666 g/mol. The van der Waals surface area contributed by atoms with Gasteiger partial charge in [0.1, 0.15) is 0 Å². The van der Waals surface area contributed by atoms with Gasteiger partial charge in [-0.15, -0.1) is 0 Å². The van der Waals surface area contributed by atoms with Gasteiger partial charge >= 0.3 is 12.4 Å². The molecule has 13 heteroatoms. The van der Waals surface area contributed by atoms with Gasteiger partial charge in [0, 0.05) is 23.1 Å². The first-order chi connectivity index (χ1) is 19.9. The maximum atomic E-state index is 13.4. The van der Waals surface area contributed by atoms with Gasteiger partial charge in [0.25, 0.3) is 0 Å². The normalized spacial score (nSPS) is 16.1. The predicted octanol–water partition coefficient (Wildman–Crippen LogP) is 8.04. The van der Waals surface area contributed by atoms with Crippen LogP contribution in [0.5, 0.6) is 0 Å². The molecule has 1 N–H and O–H groups in total. The van der Waals surface area contributed by atoms with Crippen molar-refractivity contribution in [3.63, 3.8) is 0 Å². The van der Waals surface area contributed by atoms with E-state index < -0.39 is 55.9 Å². The summed E-state index contributed by atoms with van der Waals surface area (Å²) in [5, 5.41) is 4.42. The Morgan fingerprint density at radius 1 is 0.814 bits per heavy atom. The molecule has 1 aliphatic rings. The number of sulfone groups is 1. The second-order valence-electron chi connectivity index (χ2n) is 11.4. The summed E-state index contributed by atoms with van der Waals surface area (Å²) in [4.78, 5) is 2.06. The average Bonchev–Trinajstić information content (AvgIpc) is 2.86. The van der Waals surface area contributed by atoms with Gasteiger partial charge in [-0.1, -0.05) is 61.3 Å². The first-order valence-electron chi connectivity index (χ1n) is 13.3. The van der Waals surface area contributed by atoms with Gasteiger partial charge in [0.2, 0.25) is 0 Å². The lowest BCUT2D eigenvalue weighted by Gasteiger charge is -2.54. The van der Waals surface area contributed by atoms with Crippen LogP contribution in [0.2, 0.25) is 10.0 Å². The molecular formula is C30H30Cl2F6N2O2S. The van der Waals surface area contributed by atoms with Gasteiger partial charge < -0.3 is 5.32 Å². The number of halogens is 8. The molecule has 1 fully saturated rings. The SMILES string of the molecule is CC(C)CNC1(CS(=O)(=O)Cc2cc(C(F)(F)F)cc(C(F)(F)F)c2)CN(C(c2ccc(Cl)cc2)c2ccc(Cl)cc2)C1. The molecule has 1 saturated heterocycles. The fourth-order valence-electron chi connectivity index (χ4n) is 5.32. The van der Waals surface area contributed by atoms with Crippen molar-refractivity contribution in [2.45, 2.75) is 43.5 Å². The van der Waals surface area contributed by atoms with E-state index in [9.17, 15) is 34.8 Å². The summed E-state index contributed by atoms with van der Waals surface area (Å²) in [6.45, 7) is 4.85. The van der Waals surface area contributed by atoms with Crippen molar-refractivity contribution >= 4 is 33.0 Å². The van der Waals surface area contributed by atoms with Gasteiger partial charge in [-0.2, -0.15) is 26.3 Å². The average molecular weight is 668 g/mol. The summed E-state index contributed by atoms with van der Waals surface area (Å²) in [7, 11) is -4.17. The number of hydrogen-bond acceptors (Lipinski definition) is 4. The largest absolute Gasteiger partial charge is 0.416 e. The Labute approximate surface area is 256 Å². The van der Waals surface area contributed by atoms with E-state index in [2.05, 4.69) is 10.2 Å². The molecule has 0 aromatic heterocycles. The summed E-state index contributed by atoms with van der Waals surface area (Å²) in [6, 6.07) is 15.1. The second-order valence-corrected chi connectivity index (χ2v) is 14.3. The molecule has 234 valence electrons. The molecule has 4 rings (SSSR count). The van der Waals surface area contributed by atoms with E-state index >= 15 is 0 Å². The van der Waals surface area contributed by atoms with Crippen LogP contribution in [-0.4, -0.2) is 44.2 Å². The van der Waals surface area contributed by atoms with Crippen molar-refractivity contribution in [2.75, 3.05) is 25.4 Å². The molecule has 0 amide bonds. The van der Waals surface area contributed by atoms with E-state index in [-0.39, 0.29) is 31.1 Å². The van der Waals surface area contributed by atoms with Gasteiger partial charge in [-0.25, -0.2) is 8.42 Å². The number of nitrogens with one attached hydrogen (secondary N) is 1. The van der Waals surface area contributed by atoms with Crippen LogP contribution in [0.25, 0.3) is 0 Å². The summed E-state index contributed by atoms with van der Waals surface area (Å²) in [5.74, 6) is -1.30. The maximum absolute atomic E-state index is 13.4. The third-order valence-corrected chi connectivity index (χ3v) is 9.43. The molecule has 43 heavy (non-hydrogen) atoms. The van der Waals surface area contributed by atoms with Crippen LogP contribution in [0.4, 0.5) is 26.3 Å². The van der Waals surface area contributed by atoms with E-state index in [1.807, 2.05) is 38.1 Å². The van der Waals surface area contributed by atoms with Crippen LogP contribution in [0, 0.1) is 5.92 Å². The van der Waals surface area contributed by atoms with E-state index in [4.69, 9.17) is 23.2 Å². The first-order valence-corrected chi connectivity index (χ1v) is 15.9. The molecule has 0 saturated carbocycles. The smallest absolute Gasteiger partial charge is 0.308 e. The van der Waals surface area contributed by atoms with Gasteiger partial charge in [0.15, 0.2) is 9.84 Å². The number of nitrogens with zero attached hydrogens (tertiary/aromatic N) is 1. The van der Waals surface area contributed by atoms with Gasteiger partial charge in [-0.3, -0.25) is 4.90 Å². The molecule has 1 aliphatic heterocycles. The molecule has 0 aliphatic carbocycles. The number of benzene rings is 3. The van der Waals surface area contributed by atoms with E-state index in [0.717, 1.165) is 11.1 Å².